The molecule has 0 aliphatic carbocycles. The van der Waals surface area contributed by atoms with Crippen LogP contribution in [0, 0.1) is 0 Å². The third kappa shape index (κ3) is 5.88. The zero-order valence-electron chi connectivity index (χ0n) is 25.0. The Bertz CT molecular complexity index is 1200. The number of hydrazine groups is 1. The van der Waals surface area contributed by atoms with E-state index in [2.05, 4.69) is 13.8 Å². The smallest absolute Gasteiger partial charge is 0.259 e. The van der Waals surface area contributed by atoms with E-state index in [4.69, 9.17) is 9.47 Å². The first-order valence-electron chi connectivity index (χ1n) is 15.7. The van der Waals surface area contributed by atoms with Crippen molar-refractivity contribution < 1.29 is 19.1 Å². The van der Waals surface area contributed by atoms with Crippen LogP contribution in [0.5, 0.6) is 0 Å². The second-order valence-electron chi connectivity index (χ2n) is 11.4. The van der Waals surface area contributed by atoms with Crippen molar-refractivity contribution in [3.8, 4) is 0 Å². The Morgan fingerprint density at radius 1 is 0.548 bits per heavy atom. The van der Waals surface area contributed by atoms with Crippen LogP contribution in [0.2, 0.25) is 0 Å². The molecule has 2 amide bonds. The van der Waals surface area contributed by atoms with Crippen LogP contribution in [0.3, 0.4) is 0 Å². The molecule has 2 heterocycles. The summed E-state index contributed by atoms with van der Waals surface area (Å²) in [7, 11) is 0. The summed E-state index contributed by atoms with van der Waals surface area (Å²) in [4.78, 5) is 28.9. The first kappa shape index (κ1) is 30.0. The highest BCUT2D eigenvalue weighted by atomic mass is 16.7. The Kier molecular flexibility index (Phi) is 10.1. The van der Waals surface area contributed by atoms with Crippen molar-refractivity contribution in [2.45, 2.75) is 89.0 Å². The highest BCUT2D eigenvalue weighted by Crippen LogP contribution is 2.58. The van der Waals surface area contributed by atoms with Gasteiger partial charge in [0.2, 0.25) is 5.79 Å². The van der Waals surface area contributed by atoms with Crippen LogP contribution >= 0.6 is 0 Å². The molecule has 2 saturated heterocycles. The summed E-state index contributed by atoms with van der Waals surface area (Å²) < 4.78 is 13.9. The van der Waals surface area contributed by atoms with Gasteiger partial charge in [0.15, 0.2) is 0 Å². The van der Waals surface area contributed by atoms with E-state index in [9.17, 15) is 9.59 Å². The number of hydrogen-bond acceptors (Lipinski definition) is 4. The van der Waals surface area contributed by atoms with E-state index in [0.29, 0.717) is 18.8 Å². The predicted octanol–water partition coefficient (Wildman–Crippen LogP) is 7.74. The number of rotatable bonds is 15. The SMILES string of the molecule is CCCCCCOC1(OCCCCCC)C(c2ccccc2)N2C(=O)C(c3ccccc3)C(=O)N2C1c1ccccc1. The van der Waals surface area contributed by atoms with Gasteiger partial charge in [0.1, 0.15) is 18.0 Å². The molecule has 3 aromatic rings. The van der Waals surface area contributed by atoms with Crippen LogP contribution in [0.15, 0.2) is 91.0 Å². The average molecular weight is 569 g/mol. The molecule has 5 rings (SSSR count). The minimum atomic E-state index is -1.27. The first-order valence-corrected chi connectivity index (χ1v) is 15.7. The lowest BCUT2D eigenvalue weighted by Crippen LogP contribution is -2.48. The summed E-state index contributed by atoms with van der Waals surface area (Å²) in [6.45, 7) is 5.34. The summed E-state index contributed by atoms with van der Waals surface area (Å²) >= 11 is 0. The Hall–Kier alpha value is -3.48. The molecule has 0 aromatic heterocycles. The summed E-state index contributed by atoms with van der Waals surface area (Å²) in [5.41, 5.74) is 2.47. The van der Waals surface area contributed by atoms with E-state index in [1.807, 2.05) is 91.0 Å². The van der Waals surface area contributed by atoms with Gasteiger partial charge in [-0.25, -0.2) is 10.0 Å². The molecule has 42 heavy (non-hydrogen) atoms. The Morgan fingerprint density at radius 2 is 0.929 bits per heavy atom. The molecular formula is C36H44N2O4. The van der Waals surface area contributed by atoms with Crippen molar-refractivity contribution in [2.75, 3.05) is 13.2 Å². The molecule has 6 nitrogen and oxygen atoms in total. The maximum atomic E-state index is 14.4. The number of benzene rings is 3. The molecule has 0 radical (unpaired) electrons. The van der Waals surface area contributed by atoms with Crippen LogP contribution < -0.4 is 0 Å². The van der Waals surface area contributed by atoms with Gasteiger partial charge < -0.3 is 9.47 Å². The van der Waals surface area contributed by atoms with Crippen LogP contribution in [-0.2, 0) is 19.1 Å². The monoisotopic (exact) mass is 568 g/mol. The maximum absolute atomic E-state index is 14.4. The lowest BCUT2D eigenvalue weighted by Gasteiger charge is -2.39. The van der Waals surface area contributed by atoms with E-state index >= 15 is 0 Å². The summed E-state index contributed by atoms with van der Waals surface area (Å²) in [6.07, 6.45) is 8.39. The predicted molar refractivity (Wildman–Crippen MR) is 164 cm³/mol. The topological polar surface area (TPSA) is 59.1 Å². The molecule has 3 aromatic carbocycles. The van der Waals surface area contributed by atoms with Gasteiger partial charge in [0, 0.05) is 0 Å². The molecule has 6 heteroatoms. The zero-order chi connectivity index (χ0) is 29.4. The molecule has 2 aliphatic heterocycles. The van der Waals surface area contributed by atoms with Gasteiger partial charge in [-0.2, -0.15) is 0 Å². The molecule has 2 atom stereocenters. The van der Waals surface area contributed by atoms with Crippen LogP contribution in [0.4, 0.5) is 0 Å². The fourth-order valence-corrected chi connectivity index (χ4v) is 6.40. The molecule has 0 spiro atoms. The van der Waals surface area contributed by atoms with Crippen LogP contribution in [0.25, 0.3) is 0 Å². The Balaban J connectivity index is 1.64. The van der Waals surface area contributed by atoms with Gasteiger partial charge in [0.05, 0.1) is 13.2 Å². The molecule has 2 fully saturated rings. The van der Waals surface area contributed by atoms with Gasteiger partial charge in [-0.05, 0) is 29.5 Å². The Morgan fingerprint density at radius 3 is 1.31 bits per heavy atom. The highest BCUT2D eigenvalue weighted by molar-refractivity contribution is 6.11. The number of nitrogens with zero attached hydrogens (tertiary/aromatic N) is 2. The van der Waals surface area contributed by atoms with Crippen LogP contribution in [-0.4, -0.2) is 40.8 Å². The van der Waals surface area contributed by atoms with Crippen molar-refractivity contribution >= 4 is 11.8 Å². The second-order valence-corrected chi connectivity index (χ2v) is 11.4. The van der Waals surface area contributed by atoms with Crippen molar-refractivity contribution in [1.82, 2.24) is 10.0 Å². The van der Waals surface area contributed by atoms with E-state index < -0.39 is 23.8 Å². The van der Waals surface area contributed by atoms with Gasteiger partial charge in [-0.1, -0.05) is 143 Å². The maximum Gasteiger partial charge on any atom is 0.259 e. The molecule has 0 N–H and O–H groups in total. The molecule has 222 valence electrons. The van der Waals surface area contributed by atoms with Gasteiger partial charge >= 0.3 is 0 Å². The lowest BCUT2D eigenvalue weighted by molar-refractivity contribution is -0.262. The number of fused-ring (bicyclic) bond motifs is 1. The number of ether oxygens (including phenoxy) is 2. The quantitative estimate of drug-likeness (QED) is 0.107. The molecule has 0 saturated carbocycles. The lowest BCUT2D eigenvalue weighted by atomic mass is 9.87. The number of amides is 2. The van der Waals surface area contributed by atoms with Crippen molar-refractivity contribution in [3.63, 3.8) is 0 Å². The minimum absolute atomic E-state index is 0.243. The van der Waals surface area contributed by atoms with E-state index in [0.717, 1.165) is 62.5 Å². The number of carbonyl (C=O) groups is 2. The van der Waals surface area contributed by atoms with Gasteiger partial charge in [-0.3, -0.25) is 9.59 Å². The Labute approximate surface area is 250 Å². The van der Waals surface area contributed by atoms with Gasteiger partial charge in [0.25, 0.3) is 11.8 Å². The zero-order valence-corrected chi connectivity index (χ0v) is 25.0. The van der Waals surface area contributed by atoms with Gasteiger partial charge in [-0.15, -0.1) is 0 Å². The van der Waals surface area contributed by atoms with Crippen LogP contribution in [0.1, 0.15) is 99.9 Å². The standard InChI is InChI=1S/C36H44N2O4/c1-3-5-7-18-26-41-36(42-27-19-8-6-4-2)32(29-22-14-10-15-23-29)37-34(39)31(28-20-12-9-13-21-28)35(40)38(37)33(36)30-24-16-11-17-25-30/h9-17,20-25,31-33H,3-8,18-19,26-27H2,1-2H3. The largest absolute Gasteiger partial charge is 0.346 e. The normalized spacial score (nSPS) is 21.2. The first-order chi connectivity index (χ1) is 20.6. The minimum Gasteiger partial charge on any atom is -0.346 e. The molecule has 0 bridgehead atoms. The van der Waals surface area contributed by atoms with Crippen molar-refractivity contribution in [3.05, 3.63) is 108 Å². The third-order valence-electron chi connectivity index (χ3n) is 8.44. The van der Waals surface area contributed by atoms with Crippen molar-refractivity contribution in [2.24, 2.45) is 0 Å². The molecule has 2 aliphatic rings. The average Bonchev–Trinajstić information content (AvgIpc) is 3.46. The highest BCUT2D eigenvalue weighted by Gasteiger charge is 2.69. The fraction of sp³-hybridized carbons (Fsp3) is 0.444. The summed E-state index contributed by atoms with van der Waals surface area (Å²) in [5, 5.41) is 3.32. The second kappa shape index (κ2) is 14.1. The number of carbonyl (C=O) groups excluding carboxylic acids is 2. The number of hydrogen-bond donors (Lipinski definition) is 0. The fourth-order valence-electron chi connectivity index (χ4n) is 6.40. The molecule has 2 unspecified atom stereocenters. The van der Waals surface area contributed by atoms with E-state index in [1.165, 1.54) is 0 Å². The number of unbranched alkanes of at least 4 members (excludes halogenated alkanes) is 6. The molecular weight excluding hydrogens is 524 g/mol. The third-order valence-corrected chi connectivity index (χ3v) is 8.44. The summed E-state index contributed by atoms with van der Waals surface area (Å²) in [6, 6.07) is 28.0. The van der Waals surface area contributed by atoms with E-state index in [-0.39, 0.29) is 11.8 Å². The summed E-state index contributed by atoms with van der Waals surface area (Å²) in [5.74, 6) is -2.66. The van der Waals surface area contributed by atoms with Crippen molar-refractivity contribution in [1.29, 1.82) is 0 Å². The van der Waals surface area contributed by atoms with E-state index in [1.54, 1.807) is 10.0 Å².